The zero-order valence-corrected chi connectivity index (χ0v) is 22.3. The summed E-state index contributed by atoms with van der Waals surface area (Å²) >= 11 is 6.66. The van der Waals surface area contributed by atoms with Crippen molar-refractivity contribution in [3.63, 3.8) is 0 Å². The number of hydrogen-bond donors (Lipinski definition) is 3. The topological polar surface area (TPSA) is 126 Å². The molecule has 36 heavy (non-hydrogen) atoms. The molecule has 0 aromatic heterocycles. The van der Waals surface area contributed by atoms with Crippen LogP contribution in [0.4, 0.5) is 25.4 Å². The molecule has 0 radical (unpaired) electrons. The Morgan fingerprint density at radius 2 is 1.69 bits per heavy atom. The number of rotatable bonds is 5. The van der Waals surface area contributed by atoms with Crippen molar-refractivity contribution in [2.45, 2.75) is 84.1 Å². The van der Waals surface area contributed by atoms with E-state index in [1.54, 1.807) is 46.4 Å². The van der Waals surface area contributed by atoms with Crippen molar-refractivity contribution < 1.29 is 28.2 Å². The zero-order valence-electron chi connectivity index (χ0n) is 21.5. The molecule has 2 fully saturated rings. The normalized spacial score (nSPS) is 18.0. The number of nitrogens with one attached hydrogen (secondary N) is 2. The Morgan fingerprint density at radius 3 is 2.25 bits per heavy atom. The Hall–Kier alpha value is -2.79. The number of carbonyl (C=O) groups excluding carboxylic acids is 3. The fourth-order valence-electron chi connectivity index (χ4n) is 3.72. The molecule has 200 valence electrons. The molecule has 1 aromatic carbocycles. The van der Waals surface area contributed by atoms with E-state index in [0.29, 0.717) is 24.5 Å². The van der Waals surface area contributed by atoms with Gasteiger partial charge in [0, 0.05) is 19.1 Å². The summed E-state index contributed by atoms with van der Waals surface area (Å²) in [7, 11) is 0. The highest BCUT2D eigenvalue weighted by molar-refractivity contribution is 6.37. The fourth-order valence-corrected chi connectivity index (χ4v) is 4.09. The fraction of sp³-hybridized carbons (Fsp3) is 0.625. The maximum Gasteiger partial charge on any atom is 0.432 e. The van der Waals surface area contributed by atoms with Crippen LogP contribution in [0.2, 0.25) is 5.02 Å². The number of benzene rings is 1. The molecule has 10 nitrogen and oxygen atoms in total. The Morgan fingerprint density at radius 1 is 1.08 bits per heavy atom. The molecular weight excluding hydrogens is 493 g/mol. The first kappa shape index (κ1) is 27.8. The number of alkyl carbamates (subject to hydrolysis) is 1. The largest absolute Gasteiger partial charge is 0.444 e. The molecule has 0 spiro atoms. The first-order chi connectivity index (χ1) is 16.6. The Labute approximate surface area is 215 Å². The molecule has 1 aliphatic carbocycles. The van der Waals surface area contributed by atoms with Gasteiger partial charge in [0.1, 0.15) is 17.0 Å². The second-order valence-electron chi connectivity index (χ2n) is 11.1. The van der Waals surface area contributed by atoms with Gasteiger partial charge in [-0.05, 0) is 66.9 Å². The minimum absolute atomic E-state index is 0.000701. The summed E-state index contributed by atoms with van der Waals surface area (Å²) in [5.74, 6) is 4.03. The molecule has 1 aliphatic heterocycles. The molecule has 3 rings (SSSR count). The van der Waals surface area contributed by atoms with Gasteiger partial charge in [0.15, 0.2) is 0 Å². The van der Waals surface area contributed by atoms with Crippen molar-refractivity contribution >= 4 is 41.1 Å². The van der Waals surface area contributed by atoms with Gasteiger partial charge in [0.2, 0.25) is 0 Å². The molecule has 0 bridgehead atoms. The Bertz CT molecular complexity index is 1040. The lowest BCUT2D eigenvalue weighted by Gasteiger charge is -2.26. The summed E-state index contributed by atoms with van der Waals surface area (Å²) in [6.07, 6.45) is 0.654. The summed E-state index contributed by atoms with van der Waals surface area (Å²) in [5, 5.41) is 6.27. The van der Waals surface area contributed by atoms with Gasteiger partial charge in [-0.25, -0.2) is 19.8 Å². The van der Waals surface area contributed by atoms with Gasteiger partial charge in [-0.2, -0.15) is 5.01 Å². The quantitative estimate of drug-likeness (QED) is 0.292. The van der Waals surface area contributed by atoms with Crippen LogP contribution in [0.1, 0.15) is 71.2 Å². The lowest BCUT2D eigenvalue weighted by Crippen LogP contribution is -2.45. The van der Waals surface area contributed by atoms with E-state index in [4.69, 9.17) is 26.9 Å². The maximum absolute atomic E-state index is 15.4. The number of nitrogens with zero attached hydrogens (tertiary/aromatic N) is 2. The molecule has 12 heteroatoms. The molecule has 1 saturated carbocycles. The third-order valence-electron chi connectivity index (χ3n) is 5.38. The van der Waals surface area contributed by atoms with E-state index in [1.165, 1.54) is 0 Å². The van der Waals surface area contributed by atoms with Gasteiger partial charge in [0.05, 0.1) is 28.0 Å². The molecule has 1 saturated heterocycles. The number of amides is 3. The van der Waals surface area contributed by atoms with Gasteiger partial charge in [-0.15, -0.1) is 0 Å². The average Bonchev–Trinajstić information content (AvgIpc) is 3.43. The van der Waals surface area contributed by atoms with Crippen molar-refractivity contribution in [1.29, 1.82) is 0 Å². The predicted molar refractivity (Wildman–Crippen MR) is 135 cm³/mol. The highest BCUT2D eigenvalue weighted by atomic mass is 35.5. The second kappa shape index (κ2) is 10.3. The molecule has 3 amide bonds. The summed E-state index contributed by atoms with van der Waals surface area (Å²) in [6, 6.07) is 0.816. The van der Waals surface area contributed by atoms with Crippen LogP contribution in [-0.4, -0.2) is 59.5 Å². The average molecular weight is 528 g/mol. The highest BCUT2D eigenvalue weighted by Gasteiger charge is 2.35. The standard InChI is InChI=1S/C24H35ClFN5O5/c1-23(2,3)35-21(33)29-14-9-10-30(12-14)19-16(26)11-15(18(17(19)25)28-13-7-8-13)20(32)31(27)22(34)36-24(4,5)6/h11,13-14,28H,7-10,12,27H2,1-6H3,(H,29,33)/t14-/m0/s1. The van der Waals surface area contributed by atoms with Crippen LogP contribution in [0.25, 0.3) is 0 Å². The van der Waals surface area contributed by atoms with E-state index in [9.17, 15) is 14.4 Å². The van der Waals surface area contributed by atoms with Gasteiger partial charge in [-0.1, -0.05) is 11.6 Å². The van der Waals surface area contributed by atoms with Crippen LogP contribution in [0.5, 0.6) is 0 Å². The Balaban J connectivity index is 1.85. The number of hydrogen-bond acceptors (Lipinski definition) is 8. The number of carbonyl (C=O) groups is 3. The summed E-state index contributed by atoms with van der Waals surface area (Å²) in [6.45, 7) is 10.9. The Kier molecular flexibility index (Phi) is 7.95. The third kappa shape index (κ3) is 7.13. The van der Waals surface area contributed by atoms with Crippen LogP contribution < -0.4 is 21.4 Å². The van der Waals surface area contributed by atoms with E-state index in [-0.39, 0.29) is 34.0 Å². The van der Waals surface area contributed by atoms with Crippen molar-refractivity contribution in [3.8, 4) is 0 Å². The van der Waals surface area contributed by atoms with Crippen LogP contribution in [0.3, 0.4) is 0 Å². The zero-order chi connectivity index (χ0) is 27.0. The summed E-state index contributed by atoms with van der Waals surface area (Å²) < 4.78 is 25.9. The van der Waals surface area contributed by atoms with Crippen LogP contribution >= 0.6 is 11.6 Å². The van der Waals surface area contributed by atoms with Crippen molar-refractivity contribution in [2.24, 2.45) is 5.84 Å². The molecule has 1 atom stereocenters. The van der Waals surface area contributed by atoms with Gasteiger partial charge in [0.25, 0.3) is 5.91 Å². The van der Waals surface area contributed by atoms with Crippen molar-refractivity contribution in [2.75, 3.05) is 23.3 Å². The first-order valence-corrected chi connectivity index (χ1v) is 12.3. The summed E-state index contributed by atoms with van der Waals surface area (Å²) in [5.41, 5.74) is -1.39. The van der Waals surface area contributed by atoms with Gasteiger partial charge < -0.3 is 25.0 Å². The first-order valence-electron chi connectivity index (χ1n) is 11.9. The van der Waals surface area contributed by atoms with Crippen LogP contribution in [0.15, 0.2) is 6.07 Å². The van der Waals surface area contributed by atoms with Gasteiger partial charge in [-0.3, -0.25) is 4.79 Å². The van der Waals surface area contributed by atoms with Crippen molar-refractivity contribution in [1.82, 2.24) is 10.3 Å². The van der Waals surface area contributed by atoms with E-state index < -0.39 is 35.1 Å². The third-order valence-corrected chi connectivity index (χ3v) is 5.75. The van der Waals surface area contributed by atoms with E-state index in [0.717, 1.165) is 18.9 Å². The SMILES string of the molecule is CC(C)(C)OC(=O)N[C@H]1CCN(c2c(F)cc(C(=O)N(N)C(=O)OC(C)(C)C)c(NC3CC3)c2Cl)C1. The second-order valence-corrected chi connectivity index (χ2v) is 11.5. The van der Waals surface area contributed by atoms with Gasteiger partial charge >= 0.3 is 12.2 Å². The smallest absolute Gasteiger partial charge is 0.432 e. The molecule has 0 unspecified atom stereocenters. The number of nitrogens with two attached hydrogens (primary N) is 1. The van der Waals surface area contributed by atoms with Crippen LogP contribution in [0, 0.1) is 5.82 Å². The highest BCUT2D eigenvalue weighted by Crippen LogP contribution is 2.42. The lowest BCUT2D eigenvalue weighted by molar-refractivity contribution is 0.0239. The van der Waals surface area contributed by atoms with E-state index in [1.807, 2.05) is 0 Å². The number of halogens is 2. The minimum Gasteiger partial charge on any atom is -0.444 e. The van der Waals surface area contributed by atoms with E-state index >= 15 is 4.39 Å². The minimum atomic E-state index is -1.07. The number of hydrazine groups is 1. The number of anilines is 2. The number of ether oxygens (including phenoxy) is 2. The molecule has 2 aliphatic rings. The van der Waals surface area contributed by atoms with Crippen LogP contribution in [-0.2, 0) is 9.47 Å². The number of imide groups is 1. The summed E-state index contributed by atoms with van der Waals surface area (Å²) in [4.78, 5) is 39.3. The van der Waals surface area contributed by atoms with E-state index in [2.05, 4.69) is 10.6 Å². The monoisotopic (exact) mass is 527 g/mol. The molecular formula is C24H35ClFN5O5. The molecule has 1 heterocycles. The molecule has 1 aromatic rings. The predicted octanol–water partition coefficient (Wildman–Crippen LogP) is 4.41. The maximum atomic E-state index is 15.4. The van der Waals surface area contributed by atoms with Crippen molar-refractivity contribution in [3.05, 3.63) is 22.5 Å². The lowest BCUT2D eigenvalue weighted by atomic mass is 10.1. The molecule has 4 N–H and O–H groups in total.